The number of fused-ring (bicyclic) bond motifs is 1. The number of methoxy groups -OCH3 is 1. The Morgan fingerprint density at radius 3 is 2.64 bits per heavy atom. The average Bonchev–Trinajstić information content (AvgIpc) is 2.59. The van der Waals surface area contributed by atoms with Crippen molar-refractivity contribution in [2.45, 2.75) is 19.8 Å². The van der Waals surface area contributed by atoms with Gasteiger partial charge in [-0.15, -0.1) is 0 Å². The van der Waals surface area contributed by atoms with E-state index in [0.717, 1.165) is 6.42 Å². The minimum Gasteiger partial charge on any atom is -0.508 e. The van der Waals surface area contributed by atoms with Crippen LogP contribution < -0.4 is 10.2 Å². The number of rotatable bonds is 4. The molecule has 0 unspecified atom stereocenters. The van der Waals surface area contributed by atoms with Crippen LogP contribution in [0.15, 0.2) is 44.0 Å². The summed E-state index contributed by atoms with van der Waals surface area (Å²) < 4.78 is 11.5. The van der Waals surface area contributed by atoms with E-state index in [1.165, 1.54) is 19.2 Å². The van der Waals surface area contributed by atoms with Crippen LogP contribution in [-0.4, -0.2) is 17.3 Å². The van der Waals surface area contributed by atoms with Gasteiger partial charge >= 0.3 is 0 Å². The lowest BCUT2D eigenvalue weighted by Gasteiger charge is -2.11. The van der Waals surface area contributed by atoms with Crippen LogP contribution in [0.3, 0.4) is 0 Å². The first-order valence-electron chi connectivity index (χ1n) is 7.81. The molecule has 0 aliphatic heterocycles. The monoisotopic (exact) mass is 404 g/mol. The highest BCUT2D eigenvalue weighted by Crippen LogP contribution is 2.39. The summed E-state index contributed by atoms with van der Waals surface area (Å²) in [5, 5.41) is 20.5. The fraction of sp³-hybridized carbons (Fsp3) is 0.211. The number of aryl methyl sites for hydroxylation is 1. The van der Waals surface area contributed by atoms with Crippen molar-refractivity contribution in [3.63, 3.8) is 0 Å². The van der Waals surface area contributed by atoms with Gasteiger partial charge in [0.1, 0.15) is 17.1 Å². The number of halogens is 1. The summed E-state index contributed by atoms with van der Waals surface area (Å²) in [5.74, 6) is 0.675. The van der Waals surface area contributed by atoms with Gasteiger partial charge in [-0.1, -0.05) is 13.3 Å². The standard InChI is InChI=1S/C19H17BrO5/c1-3-4-11-14(21)6-5-12-15(22)9-16(25-19(11)12)10-7-13(20)18(23)17(8-10)24-2/h5-9,21,23H,3-4H2,1-2H3. The molecule has 0 aliphatic rings. The molecule has 3 aromatic rings. The molecule has 0 bridgehead atoms. The van der Waals surface area contributed by atoms with Gasteiger partial charge in [0.2, 0.25) is 0 Å². The van der Waals surface area contributed by atoms with Gasteiger partial charge in [-0.05, 0) is 46.6 Å². The number of phenolic OH excluding ortho intramolecular Hbond substituents is 2. The van der Waals surface area contributed by atoms with Crippen molar-refractivity contribution in [1.29, 1.82) is 0 Å². The maximum atomic E-state index is 12.5. The average molecular weight is 405 g/mol. The molecule has 0 saturated carbocycles. The molecule has 1 aromatic heterocycles. The zero-order chi connectivity index (χ0) is 18.1. The minimum absolute atomic E-state index is 0.0290. The first-order chi connectivity index (χ1) is 12.0. The van der Waals surface area contributed by atoms with Gasteiger partial charge in [-0.3, -0.25) is 4.79 Å². The molecule has 0 radical (unpaired) electrons. The largest absolute Gasteiger partial charge is 0.508 e. The van der Waals surface area contributed by atoms with Gasteiger partial charge in [0, 0.05) is 17.2 Å². The first-order valence-corrected chi connectivity index (χ1v) is 8.61. The molecule has 25 heavy (non-hydrogen) atoms. The third-order valence-electron chi connectivity index (χ3n) is 4.01. The molecule has 0 spiro atoms. The van der Waals surface area contributed by atoms with Gasteiger partial charge in [-0.2, -0.15) is 0 Å². The van der Waals surface area contributed by atoms with Crippen LogP contribution in [0.5, 0.6) is 17.2 Å². The van der Waals surface area contributed by atoms with Crippen molar-refractivity contribution in [3.05, 3.63) is 50.6 Å². The summed E-state index contributed by atoms with van der Waals surface area (Å²) in [6, 6.07) is 7.71. The van der Waals surface area contributed by atoms with E-state index in [4.69, 9.17) is 9.15 Å². The molecule has 0 atom stereocenters. The SMILES string of the molecule is CCCc1c(O)ccc2c(=O)cc(-c3cc(Br)c(O)c(OC)c3)oc12. The zero-order valence-corrected chi connectivity index (χ0v) is 15.4. The quantitative estimate of drug-likeness (QED) is 0.664. The smallest absolute Gasteiger partial charge is 0.193 e. The van der Waals surface area contributed by atoms with Crippen LogP contribution in [-0.2, 0) is 6.42 Å². The fourth-order valence-corrected chi connectivity index (χ4v) is 3.21. The molecule has 0 saturated heterocycles. The lowest BCUT2D eigenvalue weighted by atomic mass is 10.0. The van der Waals surface area contributed by atoms with Gasteiger partial charge in [-0.25, -0.2) is 0 Å². The van der Waals surface area contributed by atoms with Crippen LogP contribution >= 0.6 is 15.9 Å². The van der Waals surface area contributed by atoms with Crippen LogP contribution in [0.25, 0.3) is 22.3 Å². The summed E-state index contributed by atoms with van der Waals surface area (Å²) in [6.07, 6.45) is 1.40. The number of hydrogen-bond donors (Lipinski definition) is 2. The van der Waals surface area contributed by atoms with Crippen molar-refractivity contribution in [2.75, 3.05) is 7.11 Å². The number of ether oxygens (including phenoxy) is 1. The first kappa shape index (κ1) is 17.4. The maximum Gasteiger partial charge on any atom is 0.193 e. The summed E-state index contributed by atoms with van der Waals surface area (Å²) in [7, 11) is 1.44. The van der Waals surface area contributed by atoms with E-state index in [0.29, 0.717) is 38.7 Å². The van der Waals surface area contributed by atoms with Crippen molar-refractivity contribution >= 4 is 26.9 Å². The van der Waals surface area contributed by atoms with Crippen molar-refractivity contribution in [3.8, 4) is 28.6 Å². The maximum absolute atomic E-state index is 12.5. The highest BCUT2D eigenvalue weighted by Gasteiger charge is 2.16. The van der Waals surface area contributed by atoms with Crippen LogP contribution in [0, 0.1) is 0 Å². The normalized spacial score (nSPS) is 11.0. The molecule has 0 amide bonds. The fourth-order valence-electron chi connectivity index (χ4n) is 2.77. The van der Waals surface area contributed by atoms with E-state index in [1.54, 1.807) is 18.2 Å². The Morgan fingerprint density at radius 2 is 1.96 bits per heavy atom. The Hall–Kier alpha value is -2.47. The minimum atomic E-state index is -0.197. The summed E-state index contributed by atoms with van der Waals surface area (Å²) >= 11 is 3.26. The van der Waals surface area contributed by atoms with Crippen molar-refractivity contribution < 1.29 is 19.4 Å². The van der Waals surface area contributed by atoms with Gasteiger partial charge < -0.3 is 19.4 Å². The summed E-state index contributed by atoms with van der Waals surface area (Å²) in [4.78, 5) is 12.5. The van der Waals surface area contributed by atoms with Gasteiger partial charge in [0.25, 0.3) is 0 Å². The molecule has 0 fully saturated rings. The van der Waals surface area contributed by atoms with Crippen molar-refractivity contribution in [1.82, 2.24) is 0 Å². The summed E-state index contributed by atoms with van der Waals surface area (Å²) in [5.41, 5.74) is 1.37. The molecule has 5 nitrogen and oxygen atoms in total. The number of phenols is 2. The van der Waals surface area contributed by atoms with E-state index < -0.39 is 0 Å². The van der Waals surface area contributed by atoms with Crippen molar-refractivity contribution in [2.24, 2.45) is 0 Å². The lowest BCUT2D eigenvalue weighted by Crippen LogP contribution is -2.02. The second-order valence-corrected chi connectivity index (χ2v) is 6.53. The molecule has 2 aromatic carbocycles. The Bertz CT molecular complexity index is 1010. The molecule has 1 heterocycles. The molecule has 0 aliphatic carbocycles. The number of aromatic hydroxyl groups is 2. The molecule has 2 N–H and O–H groups in total. The Balaban J connectivity index is 2.30. The zero-order valence-electron chi connectivity index (χ0n) is 13.8. The topological polar surface area (TPSA) is 79.9 Å². The van der Waals surface area contributed by atoms with E-state index in [1.807, 2.05) is 6.92 Å². The van der Waals surface area contributed by atoms with Gasteiger partial charge in [0.05, 0.1) is 17.0 Å². The predicted octanol–water partition coefficient (Wildman–Crippen LogP) is 4.59. The molecule has 6 heteroatoms. The summed E-state index contributed by atoms with van der Waals surface area (Å²) in [6.45, 7) is 1.99. The number of benzene rings is 2. The molecular formula is C19H17BrO5. The third-order valence-corrected chi connectivity index (χ3v) is 4.61. The Kier molecular flexibility index (Phi) is 4.72. The Morgan fingerprint density at radius 1 is 1.20 bits per heavy atom. The van der Waals surface area contributed by atoms with E-state index >= 15 is 0 Å². The highest BCUT2D eigenvalue weighted by molar-refractivity contribution is 9.10. The van der Waals surface area contributed by atoms with Gasteiger partial charge in [0.15, 0.2) is 16.9 Å². The van der Waals surface area contributed by atoms with E-state index in [9.17, 15) is 15.0 Å². The van der Waals surface area contributed by atoms with Crippen LogP contribution in [0.2, 0.25) is 0 Å². The predicted molar refractivity (Wildman–Crippen MR) is 99.5 cm³/mol. The second kappa shape index (κ2) is 6.80. The highest BCUT2D eigenvalue weighted by atomic mass is 79.9. The second-order valence-electron chi connectivity index (χ2n) is 5.67. The van der Waals surface area contributed by atoms with E-state index in [2.05, 4.69) is 15.9 Å². The number of hydrogen-bond acceptors (Lipinski definition) is 5. The lowest BCUT2D eigenvalue weighted by molar-refractivity contribution is 0.372. The van der Waals surface area contributed by atoms with Crippen LogP contribution in [0.1, 0.15) is 18.9 Å². The molecule has 130 valence electrons. The Labute approximate surface area is 152 Å². The molecular weight excluding hydrogens is 388 g/mol. The van der Waals surface area contributed by atoms with Crippen LogP contribution in [0.4, 0.5) is 0 Å². The third kappa shape index (κ3) is 3.09. The molecule has 3 rings (SSSR count). The van der Waals surface area contributed by atoms with E-state index in [-0.39, 0.29) is 22.7 Å².